The highest BCUT2D eigenvalue weighted by Crippen LogP contribution is 2.37. The molecule has 6 rings (SSSR count). The third-order valence-electron chi connectivity index (χ3n) is 6.68. The molecular formula is C29H22Cl2FN9. The number of nitriles is 1. The summed E-state index contributed by atoms with van der Waals surface area (Å²) in [5.41, 5.74) is 4.94. The van der Waals surface area contributed by atoms with Gasteiger partial charge in [0.1, 0.15) is 17.6 Å². The van der Waals surface area contributed by atoms with Crippen LogP contribution >= 0.6 is 23.2 Å². The van der Waals surface area contributed by atoms with Crippen molar-refractivity contribution in [2.45, 2.75) is 25.9 Å². The molecule has 1 atom stereocenters. The molecule has 204 valence electrons. The van der Waals surface area contributed by atoms with Crippen molar-refractivity contribution in [2.24, 2.45) is 0 Å². The first kappa shape index (κ1) is 26.5. The predicted molar refractivity (Wildman–Crippen MR) is 157 cm³/mol. The highest BCUT2D eigenvalue weighted by Gasteiger charge is 2.23. The minimum absolute atomic E-state index is 0.0430. The molecule has 12 heteroatoms. The van der Waals surface area contributed by atoms with Crippen LogP contribution in [0.3, 0.4) is 0 Å². The lowest BCUT2D eigenvalue weighted by molar-refractivity contribution is 0.514. The fourth-order valence-corrected chi connectivity index (χ4v) is 5.10. The summed E-state index contributed by atoms with van der Waals surface area (Å²) in [5, 5.41) is 30.8. The summed E-state index contributed by atoms with van der Waals surface area (Å²) in [5.74, 6) is -0.541. The van der Waals surface area contributed by atoms with Crippen molar-refractivity contribution in [3.63, 3.8) is 0 Å². The van der Waals surface area contributed by atoms with Crippen molar-refractivity contribution in [3.8, 4) is 6.07 Å². The molecule has 2 N–H and O–H groups in total. The third kappa shape index (κ3) is 5.01. The van der Waals surface area contributed by atoms with Gasteiger partial charge in [-0.25, -0.2) is 13.6 Å². The maximum absolute atomic E-state index is 13.8. The number of rotatable bonds is 7. The zero-order chi connectivity index (χ0) is 28.7. The van der Waals surface area contributed by atoms with Crippen molar-refractivity contribution < 1.29 is 4.39 Å². The number of aromatic nitrogens is 6. The van der Waals surface area contributed by atoms with Crippen LogP contribution in [0.4, 0.5) is 21.5 Å². The molecule has 0 saturated heterocycles. The van der Waals surface area contributed by atoms with Crippen molar-refractivity contribution in [3.05, 3.63) is 106 Å². The SMILES string of the molecule is CC(C)n1cc(C(Nc2cc(Cl)c3ncc(C#N)c(Nc4ccc(F)c(Cl)c4)c3c2)c2cccn3nccc23)nn1. The second-order valence-electron chi connectivity index (χ2n) is 9.69. The van der Waals surface area contributed by atoms with Crippen molar-refractivity contribution >= 4 is 56.7 Å². The minimum Gasteiger partial charge on any atom is -0.373 e. The summed E-state index contributed by atoms with van der Waals surface area (Å²) >= 11 is 12.8. The molecule has 1 unspecified atom stereocenters. The number of hydrogen-bond acceptors (Lipinski definition) is 7. The fraction of sp³-hybridized carbons (Fsp3) is 0.138. The number of anilines is 3. The maximum atomic E-state index is 13.8. The Hall–Kier alpha value is -4.72. The van der Waals surface area contributed by atoms with E-state index in [-0.39, 0.29) is 16.6 Å². The molecule has 9 nitrogen and oxygen atoms in total. The van der Waals surface area contributed by atoms with Gasteiger partial charge in [-0.1, -0.05) is 34.5 Å². The van der Waals surface area contributed by atoms with E-state index in [1.165, 1.54) is 18.3 Å². The quantitative estimate of drug-likeness (QED) is 0.202. The Morgan fingerprint density at radius 3 is 2.63 bits per heavy atom. The van der Waals surface area contributed by atoms with E-state index in [2.05, 4.69) is 37.1 Å². The summed E-state index contributed by atoms with van der Waals surface area (Å²) in [7, 11) is 0. The second-order valence-corrected chi connectivity index (χ2v) is 10.5. The number of fused-ring (bicyclic) bond motifs is 2. The van der Waals surface area contributed by atoms with Crippen LogP contribution in [0.1, 0.15) is 42.8 Å². The summed E-state index contributed by atoms with van der Waals surface area (Å²) < 4.78 is 17.4. The number of hydrogen-bond donors (Lipinski definition) is 2. The number of nitrogens with one attached hydrogen (secondary N) is 2. The molecule has 0 amide bonds. The predicted octanol–water partition coefficient (Wildman–Crippen LogP) is 7.32. The Bertz CT molecular complexity index is 1960. The van der Waals surface area contributed by atoms with Gasteiger partial charge in [-0.15, -0.1) is 5.10 Å². The highest BCUT2D eigenvalue weighted by atomic mass is 35.5. The second kappa shape index (κ2) is 10.7. The van der Waals surface area contributed by atoms with E-state index >= 15 is 0 Å². The topological polar surface area (TPSA) is 109 Å². The molecule has 0 radical (unpaired) electrons. The van der Waals surface area contributed by atoms with E-state index < -0.39 is 11.9 Å². The molecule has 0 aliphatic rings. The first-order chi connectivity index (χ1) is 19.8. The molecule has 0 fully saturated rings. The smallest absolute Gasteiger partial charge is 0.141 e. The Labute approximate surface area is 244 Å². The summed E-state index contributed by atoms with van der Waals surface area (Å²) in [4.78, 5) is 4.43. The molecule has 4 heterocycles. The van der Waals surface area contributed by atoms with Gasteiger partial charge >= 0.3 is 0 Å². The Kier molecular flexibility index (Phi) is 6.91. The Morgan fingerprint density at radius 2 is 1.88 bits per heavy atom. The van der Waals surface area contributed by atoms with Gasteiger partial charge < -0.3 is 10.6 Å². The van der Waals surface area contributed by atoms with E-state index in [0.29, 0.717) is 38.7 Å². The molecule has 0 aliphatic heterocycles. The van der Waals surface area contributed by atoms with Gasteiger partial charge in [0.25, 0.3) is 0 Å². The molecule has 0 saturated carbocycles. The van der Waals surface area contributed by atoms with Crippen LogP contribution in [0.2, 0.25) is 10.0 Å². The summed E-state index contributed by atoms with van der Waals surface area (Å²) in [6.07, 6.45) is 6.97. The van der Waals surface area contributed by atoms with Crippen molar-refractivity contribution in [1.82, 2.24) is 29.6 Å². The fourth-order valence-electron chi connectivity index (χ4n) is 4.65. The Morgan fingerprint density at radius 1 is 1.05 bits per heavy atom. The van der Waals surface area contributed by atoms with Gasteiger partial charge in [-0.3, -0.25) is 4.98 Å². The number of pyridine rings is 2. The van der Waals surface area contributed by atoms with E-state index in [4.69, 9.17) is 23.2 Å². The molecule has 2 aromatic carbocycles. The van der Waals surface area contributed by atoms with E-state index in [1.54, 1.807) is 27.5 Å². The lowest BCUT2D eigenvalue weighted by atomic mass is 10.0. The molecule has 4 aromatic heterocycles. The van der Waals surface area contributed by atoms with Gasteiger partial charge in [-0.05, 0) is 56.3 Å². The molecule has 0 aliphatic carbocycles. The van der Waals surface area contributed by atoms with Crippen LogP contribution in [0.5, 0.6) is 0 Å². The molecule has 0 spiro atoms. The van der Waals surface area contributed by atoms with Crippen LogP contribution in [0.15, 0.2) is 73.3 Å². The maximum Gasteiger partial charge on any atom is 0.141 e. The largest absolute Gasteiger partial charge is 0.373 e. The third-order valence-corrected chi connectivity index (χ3v) is 7.26. The number of benzene rings is 2. The van der Waals surface area contributed by atoms with Crippen molar-refractivity contribution in [1.29, 1.82) is 5.26 Å². The monoisotopic (exact) mass is 585 g/mol. The van der Waals surface area contributed by atoms with Gasteiger partial charge in [0.2, 0.25) is 0 Å². The van der Waals surface area contributed by atoms with Crippen LogP contribution in [-0.4, -0.2) is 29.6 Å². The molecular weight excluding hydrogens is 564 g/mol. The summed E-state index contributed by atoms with van der Waals surface area (Å²) in [6.45, 7) is 4.06. The lowest BCUT2D eigenvalue weighted by Gasteiger charge is -2.21. The van der Waals surface area contributed by atoms with Crippen LogP contribution in [0, 0.1) is 17.1 Å². The zero-order valence-electron chi connectivity index (χ0n) is 21.8. The standard InChI is InChI=1S/C29H22Cl2FN9/c1-16(2)41-15-25(38-39-41)29(20-4-3-9-40-26(20)7-8-35-40)37-19-10-21-27(36-18-5-6-24(32)22(30)11-18)17(13-33)14-34-28(21)23(31)12-19/h3-12,14-16,29,37H,1-2H3,(H,34,36). The lowest BCUT2D eigenvalue weighted by Crippen LogP contribution is -2.14. The molecule has 41 heavy (non-hydrogen) atoms. The first-order valence-electron chi connectivity index (χ1n) is 12.7. The average molecular weight is 586 g/mol. The minimum atomic E-state index is -0.541. The van der Waals surface area contributed by atoms with Crippen LogP contribution < -0.4 is 10.6 Å². The van der Waals surface area contributed by atoms with Crippen LogP contribution in [-0.2, 0) is 0 Å². The van der Waals surface area contributed by atoms with E-state index in [0.717, 1.165) is 11.1 Å². The molecule has 6 aromatic rings. The average Bonchev–Trinajstić information content (AvgIpc) is 3.64. The van der Waals surface area contributed by atoms with E-state index in [9.17, 15) is 9.65 Å². The first-order valence-corrected chi connectivity index (χ1v) is 13.4. The number of nitrogens with zero attached hydrogens (tertiary/aromatic N) is 7. The van der Waals surface area contributed by atoms with Gasteiger partial charge in [-0.2, -0.15) is 10.4 Å². The van der Waals surface area contributed by atoms with Gasteiger partial charge in [0.05, 0.1) is 44.6 Å². The Balaban J connectivity index is 1.49. The highest BCUT2D eigenvalue weighted by molar-refractivity contribution is 6.36. The van der Waals surface area contributed by atoms with Crippen molar-refractivity contribution in [2.75, 3.05) is 10.6 Å². The number of halogens is 3. The summed E-state index contributed by atoms with van der Waals surface area (Å²) in [6, 6.07) is 15.6. The normalized spacial score (nSPS) is 12.1. The molecule has 0 bridgehead atoms. The van der Waals surface area contributed by atoms with Gasteiger partial charge in [0, 0.05) is 47.0 Å². The van der Waals surface area contributed by atoms with Gasteiger partial charge in [0.15, 0.2) is 0 Å². The zero-order valence-corrected chi connectivity index (χ0v) is 23.4. The van der Waals surface area contributed by atoms with E-state index in [1.807, 2.05) is 50.5 Å². The van der Waals surface area contributed by atoms with Crippen LogP contribution in [0.25, 0.3) is 16.4 Å².